The van der Waals surface area contributed by atoms with Gasteiger partial charge in [0.1, 0.15) is 0 Å². The fourth-order valence-electron chi connectivity index (χ4n) is 3.48. The quantitative estimate of drug-likeness (QED) is 0.554. The Morgan fingerprint density at radius 2 is 1.68 bits per heavy atom. The number of hydrogen-bond donors (Lipinski definition) is 0. The number of nitrogens with zero attached hydrogens (tertiary/aromatic N) is 5. The third-order valence-electron chi connectivity index (χ3n) is 4.87. The van der Waals surface area contributed by atoms with Gasteiger partial charge in [-0.2, -0.15) is 0 Å². The first-order valence-corrected chi connectivity index (χ1v) is 9.12. The number of carbonyl (C=O) groups is 3. The van der Waals surface area contributed by atoms with E-state index in [9.17, 15) is 14.4 Å². The van der Waals surface area contributed by atoms with E-state index < -0.39 is 5.91 Å². The number of amides is 1. The fraction of sp³-hybridized carbons (Fsp3) is 0.350. The number of aldehydes is 2. The Kier molecular flexibility index (Phi) is 5.98. The van der Waals surface area contributed by atoms with Crippen molar-refractivity contribution in [1.82, 2.24) is 9.97 Å². The molecule has 1 aliphatic heterocycles. The van der Waals surface area contributed by atoms with E-state index in [0.717, 1.165) is 11.4 Å². The lowest BCUT2D eigenvalue weighted by atomic mass is 10.0. The molecule has 1 amide bonds. The lowest BCUT2D eigenvalue weighted by Gasteiger charge is -2.39. The summed E-state index contributed by atoms with van der Waals surface area (Å²) < 4.78 is 0. The molecule has 0 spiro atoms. The molecule has 0 N–H and O–H groups in total. The van der Waals surface area contributed by atoms with Crippen LogP contribution in [-0.2, 0) is 9.59 Å². The Morgan fingerprint density at radius 3 is 2.21 bits per heavy atom. The molecule has 0 bridgehead atoms. The van der Waals surface area contributed by atoms with Crippen molar-refractivity contribution < 1.29 is 14.4 Å². The summed E-state index contributed by atoms with van der Waals surface area (Å²) in [4.78, 5) is 48.6. The molecule has 0 atom stereocenters. The van der Waals surface area contributed by atoms with E-state index in [2.05, 4.69) is 9.97 Å². The van der Waals surface area contributed by atoms with Crippen LogP contribution in [0.5, 0.6) is 0 Å². The van der Waals surface area contributed by atoms with Crippen LogP contribution in [0.1, 0.15) is 23.2 Å². The molecule has 2 aromatic rings. The molecule has 28 heavy (non-hydrogen) atoms. The highest BCUT2D eigenvalue weighted by Gasteiger charge is 2.31. The number of anilines is 3. The topological polar surface area (TPSA) is 86.7 Å². The zero-order chi connectivity index (χ0) is 20.1. The van der Waals surface area contributed by atoms with Crippen molar-refractivity contribution in [3.8, 4) is 0 Å². The van der Waals surface area contributed by atoms with E-state index >= 15 is 0 Å². The molecule has 0 unspecified atom stereocenters. The van der Waals surface area contributed by atoms with Crippen molar-refractivity contribution in [3.63, 3.8) is 0 Å². The molecule has 146 valence electrons. The summed E-state index contributed by atoms with van der Waals surface area (Å²) in [7, 11) is 3.82. The maximum atomic E-state index is 12.5. The fourth-order valence-corrected chi connectivity index (χ4v) is 3.48. The molecular formula is C20H23N5O3. The number of para-hydroxylation sites is 2. The molecule has 0 radical (unpaired) electrons. The minimum Gasteiger partial charge on any atom is -0.376 e. The van der Waals surface area contributed by atoms with Gasteiger partial charge in [0.2, 0.25) is 12.2 Å². The summed E-state index contributed by atoms with van der Waals surface area (Å²) in [6, 6.07) is 7.47. The van der Waals surface area contributed by atoms with E-state index in [1.807, 2.05) is 48.2 Å². The molecule has 1 fully saturated rings. The molecule has 1 aromatic carbocycles. The van der Waals surface area contributed by atoms with Crippen molar-refractivity contribution in [1.29, 1.82) is 0 Å². The summed E-state index contributed by atoms with van der Waals surface area (Å²) >= 11 is 0. The predicted octanol–water partition coefficient (Wildman–Crippen LogP) is 1.56. The van der Waals surface area contributed by atoms with Crippen LogP contribution in [0.4, 0.5) is 17.3 Å². The highest BCUT2D eigenvalue weighted by Crippen LogP contribution is 2.32. The summed E-state index contributed by atoms with van der Waals surface area (Å²) in [6.45, 7) is 1.30. The van der Waals surface area contributed by atoms with Crippen molar-refractivity contribution in [2.45, 2.75) is 18.9 Å². The van der Waals surface area contributed by atoms with Crippen LogP contribution < -0.4 is 14.7 Å². The highest BCUT2D eigenvalue weighted by atomic mass is 16.2. The average Bonchev–Trinajstić information content (AvgIpc) is 2.74. The van der Waals surface area contributed by atoms with Gasteiger partial charge in [-0.05, 0) is 25.0 Å². The van der Waals surface area contributed by atoms with Gasteiger partial charge >= 0.3 is 0 Å². The van der Waals surface area contributed by atoms with Crippen molar-refractivity contribution in [3.05, 3.63) is 42.2 Å². The second kappa shape index (κ2) is 8.60. The number of carbonyl (C=O) groups excluding carboxylic acids is 3. The first-order valence-electron chi connectivity index (χ1n) is 9.12. The van der Waals surface area contributed by atoms with Crippen LogP contribution in [0.15, 0.2) is 36.7 Å². The molecule has 8 heteroatoms. The second-order valence-electron chi connectivity index (χ2n) is 6.86. The monoisotopic (exact) mass is 381 g/mol. The second-order valence-corrected chi connectivity index (χ2v) is 6.86. The van der Waals surface area contributed by atoms with E-state index in [1.165, 1.54) is 12.4 Å². The third kappa shape index (κ3) is 4.00. The van der Waals surface area contributed by atoms with Crippen molar-refractivity contribution >= 4 is 35.8 Å². The Balaban J connectivity index is 1.80. The van der Waals surface area contributed by atoms with Gasteiger partial charge in [0.05, 0.1) is 16.9 Å². The van der Waals surface area contributed by atoms with E-state index in [1.54, 1.807) is 4.90 Å². The van der Waals surface area contributed by atoms with Crippen molar-refractivity contribution in [2.75, 3.05) is 41.9 Å². The Morgan fingerprint density at radius 1 is 1.07 bits per heavy atom. The summed E-state index contributed by atoms with van der Waals surface area (Å²) in [5.74, 6) is 0.0188. The zero-order valence-electron chi connectivity index (χ0n) is 16.0. The molecule has 2 heterocycles. The van der Waals surface area contributed by atoms with Gasteiger partial charge in [-0.3, -0.25) is 14.4 Å². The molecule has 1 aromatic heterocycles. The zero-order valence-corrected chi connectivity index (χ0v) is 16.0. The first-order chi connectivity index (χ1) is 13.5. The molecule has 3 rings (SSSR count). The normalized spacial score (nSPS) is 14.4. The largest absolute Gasteiger partial charge is 0.376 e. The third-order valence-corrected chi connectivity index (χ3v) is 4.87. The van der Waals surface area contributed by atoms with Crippen LogP contribution in [-0.4, -0.2) is 61.7 Å². The maximum absolute atomic E-state index is 12.5. The van der Waals surface area contributed by atoms with Gasteiger partial charge in [0, 0.05) is 45.6 Å². The standard InChI is InChI=1S/C20H23N5O3/c1-23(2)17-5-3-4-6-18(17)25(19(28)14-27)16-7-9-24(10-8-16)20-21-11-15(13-26)12-22-20/h3-6,11-14,16H,7-10H2,1-2H3. The van der Waals surface area contributed by atoms with E-state index in [-0.39, 0.29) is 6.04 Å². The van der Waals surface area contributed by atoms with Crippen LogP contribution in [0, 0.1) is 0 Å². The van der Waals surface area contributed by atoms with Crippen molar-refractivity contribution in [2.24, 2.45) is 0 Å². The van der Waals surface area contributed by atoms with E-state index in [0.29, 0.717) is 50.0 Å². The lowest BCUT2D eigenvalue weighted by molar-refractivity contribution is -0.129. The van der Waals surface area contributed by atoms with Gasteiger partial charge < -0.3 is 14.7 Å². The summed E-state index contributed by atoms with van der Waals surface area (Å²) in [5.41, 5.74) is 2.05. The van der Waals surface area contributed by atoms with Crippen LogP contribution in [0.2, 0.25) is 0 Å². The SMILES string of the molecule is CN(C)c1ccccc1N(C(=O)C=O)C1CCN(c2ncc(C=O)cn2)CC1. The Bertz CT molecular complexity index is 845. The summed E-state index contributed by atoms with van der Waals surface area (Å²) in [5, 5.41) is 0. The minimum absolute atomic E-state index is 0.0932. The van der Waals surface area contributed by atoms with Gasteiger partial charge in [0.25, 0.3) is 5.91 Å². The molecule has 1 aliphatic rings. The Hall–Kier alpha value is -3.29. The van der Waals surface area contributed by atoms with Gasteiger partial charge in [-0.1, -0.05) is 12.1 Å². The number of piperidine rings is 1. The predicted molar refractivity (Wildman–Crippen MR) is 107 cm³/mol. The number of rotatable bonds is 6. The average molecular weight is 381 g/mol. The van der Waals surface area contributed by atoms with Gasteiger partial charge in [-0.25, -0.2) is 9.97 Å². The molecule has 1 saturated heterocycles. The molecule has 0 saturated carbocycles. The number of hydrogen-bond acceptors (Lipinski definition) is 7. The molecule has 0 aliphatic carbocycles. The number of aromatic nitrogens is 2. The lowest BCUT2D eigenvalue weighted by Crippen LogP contribution is -2.48. The molecular weight excluding hydrogens is 358 g/mol. The maximum Gasteiger partial charge on any atom is 0.291 e. The summed E-state index contributed by atoms with van der Waals surface area (Å²) in [6.07, 6.45) is 5.44. The molecule has 8 nitrogen and oxygen atoms in total. The minimum atomic E-state index is -0.542. The van der Waals surface area contributed by atoms with Gasteiger partial charge in [-0.15, -0.1) is 0 Å². The van der Waals surface area contributed by atoms with Crippen LogP contribution in [0.25, 0.3) is 0 Å². The highest BCUT2D eigenvalue weighted by molar-refractivity contribution is 6.31. The number of benzene rings is 1. The van der Waals surface area contributed by atoms with Crippen LogP contribution in [0.3, 0.4) is 0 Å². The van der Waals surface area contributed by atoms with Crippen LogP contribution >= 0.6 is 0 Å². The van der Waals surface area contributed by atoms with Gasteiger partial charge in [0.15, 0.2) is 6.29 Å². The Labute approximate surface area is 163 Å². The smallest absolute Gasteiger partial charge is 0.291 e. The van der Waals surface area contributed by atoms with E-state index in [4.69, 9.17) is 0 Å². The first kappa shape index (κ1) is 19.5.